The Labute approximate surface area is 124 Å². The first kappa shape index (κ1) is 14.5. The van der Waals surface area contributed by atoms with Crippen molar-refractivity contribution in [2.45, 2.75) is 13.5 Å². The van der Waals surface area contributed by atoms with Gasteiger partial charge in [0, 0.05) is 0 Å². The molecule has 106 valence electrons. The Morgan fingerprint density at radius 2 is 2.35 bits per heavy atom. The molecule has 0 aliphatic rings. The summed E-state index contributed by atoms with van der Waals surface area (Å²) >= 11 is 7.11. The first-order valence-corrected chi connectivity index (χ1v) is 7.05. The molecule has 0 saturated heterocycles. The van der Waals surface area contributed by atoms with E-state index < -0.39 is 4.92 Å². The Kier molecular flexibility index (Phi) is 4.75. The van der Waals surface area contributed by atoms with Gasteiger partial charge in [-0.15, -0.1) is 11.3 Å². The van der Waals surface area contributed by atoms with Gasteiger partial charge in [-0.2, -0.15) is 0 Å². The molecular weight excluding hydrogens is 302 g/mol. The van der Waals surface area contributed by atoms with Crippen LogP contribution in [-0.4, -0.2) is 16.5 Å². The molecular formula is C12H12ClN3O3S. The van der Waals surface area contributed by atoms with E-state index in [0.717, 1.165) is 5.01 Å². The maximum atomic E-state index is 11.1. The van der Waals surface area contributed by atoms with Gasteiger partial charge < -0.3 is 10.1 Å². The van der Waals surface area contributed by atoms with Crippen molar-refractivity contribution in [2.24, 2.45) is 0 Å². The van der Waals surface area contributed by atoms with Crippen LogP contribution in [0.3, 0.4) is 0 Å². The summed E-state index contributed by atoms with van der Waals surface area (Å²) in [5.41, 5.74) is 0.392. The van der Waals surface area contributed by atoms with Crippen molar-refractivity contribution < 1.29 is 9.66 Å². The number of halogens is 1. The molecule has 0 atom stereocenters. The number of ether oxygens (including phenoxy) is 1. The van der Waals surface area contributed by atoms with Gasteiger partial charge in [0.05, 0.1) is 30.3 Å². The molecule has 0 saturated carbocycles. The quantitative estimate of drug-likeness (QED) is 0.649. The highest BCUT2D eigenvalue weighted by molar-refractivity contribution is 7.15. The van der Waals surface area contributed by atoms with Gasteiger partial charge in [-0.1, -0.05) is 11.6 Å². The largest absolute Gasteiger partial charge is 0.494 e. The second-order valence-electron chi connectivity index (χ2n) is 3.78. The molecule has 2 rings (SSSR count). The average molecular weight is 314 g/mol. The second kappa shape index (κ2) is 6.53. The van der Waals surface area contributed by atoms with Crippen LogP contribution in [0.25, 0.3) is 0 Å². The summed E-state index contributed by atoms with van der Waals surface area (Å²) in [6.45, 7) is 2.66. The van der Waals surface area contributed by atoms with Crippen LogP contribution in [0.2, 0.25) is 4.34 Å². The van der Waals surface area contributed by atoms with E-state index in [1.807, 2.05) is 6.92 Å². The molecule has 0 amide bonds. The molecule has 0 bridgehead atoms. The van der Waals surface area contributed by atoms with Crippen molar-refractivity contribution in [2.75, 3.05) is 11.9 Å². The standard InChI is InChI=1S/C12H12ClN3O3S/c1-2-19-8-3-4-9(10(5-8)16(17)18)14-7-12-15-6-11(13)20-12/h3-6,14H,2,7H2,1H3. The highest BCUT2D eigenvalue weighted by Crippen LogP contribution is 2.30. The van der Waals surface area contributed by atoms with Crippen LogP contribution in [0.4, 0.5) is 11.4 Å². The fraction of sp³-hybridized carbons (Fsp3) is 0.250. The average Bonchev–Trinajstić information content (AvgIpc) is 2.83. The lowest BCUT2D eigenvalue weighted by molar-refractivity contribution is -0.384. The first-order valence-electron chi connectivity index (χ1n) is 5.85. The number of hydrogen-bond donors (Lipinski definition) is 1. The minimum absolute atomic E-state index is 0.0291. The van der Waals surface area contributed by atoms with Crippen molar-refractivity contribution in [1.29, 1.82) is 0 Å². The van der Waals surface area contributed by atoms with E-state index in [1.165, 1.54) is 17.4 Å². The van der Waals surface area contributed by atoms with E-state index in [4.69, 9.17) is 16.3 Å². The maximum absolute atomic E-state index is 11.1. The third-order valence-corrected chi connectivity index (χ3v) is 3.55. The predicted octanol–water partition coefficient (Wildman–Crippen LogP) is 3.72. The number of nitrogens with zero attached hydrogens (tertiary/aromatic N) is 2. The van der Waals surface area contributed by atoms with Gasteiger partial charge >= 0.3 is 0 Å². The molecule has 0 aliphatic carbocycles. The number of nitro benzene ring substituents is 1. The summed E-state index contributed by atoms with van der Waals surface area (Å²) in [6, 6.07) is 4.71. The first-order chi connectivity index (χ1) is 9.60. The van der Waals surface area contributed by atoms with Crippen LogP contribution in [0, 0.1) is 10.1 Å². The molecule has 8 heteroatoms. The van der Waals surface area contributed by atoms with Gasteiger partial charge in [0.1, 0.15) is 20.8 Å². The van der Waals surface area contributed by atoms with Crippen LogP contribution in [0.5, 0.6) is 5.75 Å². The summed E-state index contributed by atoms with van der Waals surface area (Å²) in [6.07, 6.45) is 1.55. The van der Waals surface area contributed by atoms with E-state index in [9.17, 15) is 10.1 Å². The molecule has 0 radical (unpaired) electrons. The molecule has 2 aromatic rings. The maximum Gasteiger partial charge on any atom is 0.296 e. The summed E-state index contributed by atoms with van der Waals surface area (Å²) in [5.74, 6) is 0.474. The van der Waals surface area contributed by atoms with E-state index >= 15 is 0 Å². The van der Waals surface area contributed by atoms with Crippen LogP contribution >= 0.6 is 22.9 Å². The number of aromatic nitrogens is 1. The van der Waals surface area contributed by atoms with Crippen molar-refractivity contribution in [3.63, 3.8) is 0 Å². The normalized spacial score (nSPS) is 10.3. The molecule has 1 N–H and O–H groups in total. The molecule has 0 spiro atoms. The minimum Gasteiger partial charge on any atom is -0.494 e. The number of hydrogen-bond acceptors (Lipinski definition) is 6. The van der Waals surface area contributed by atoms with E-state index in [0.29, 0.717) is 28.9 Å². The van der Waals surface area contributed by atoms with Gasteiger partial charge in [0.2, 0.25) is 0 Å². The van der Waals surface area contributed by atoms with E-state index in [-0.39, 0.29) is 5.69 Å². The molecule has 6 nitrogen and oxygen atoms in total. The Bertz CT molecular complexity index is 618. The van der Waals surface area contributed by atoms with Crippen molar-refractivity contribution in [3.05, 3.63) is 43.9 Å². The summed E-state index contributed by atoms with van der Waals surface area (Å²) in [7, 11) is 0. The minimum atomic E-state index is -0.445. The van der Waals surface area contributed by atoms with Gasteiger partial charge in [-0.05, 0) is 19.1 Å². The number of nitro groups is 1. The lowest BCUT2D eigenvalue weighted by atomic mass is 10.2. The molecule has 0 unspecified atom stereocenters. The molecule has 1 aromatic heterocycles. The number of thiazole rings is 1. The van der Waals surface area contributed by atoms with Crippen molar-refractivity contribution in [3.8, 4) is 5.75 Å². The van der Waals surface area contributed by atoms with Crippen molar-refractivity contribution in [1.82, 2.24) is 4.98 Å². The zero-order valence-electron chi connectivity index (χ0n) is 10.6. The molecule has 0 aliphatic heterocycles. The number of anilines is 1. The Hall–Kier alpha value is -1.86. The molecule has 1 aromatic carbocycles. The highest BCUT2D eigenvalue weighted by atomic mass is 35.5. The third-order valence-electron chi connectivity index (χ3n) is 2.43. The van der Waals surface area contributed by atoms with Crippen molar-refractivity contribution >= 4 is 34.3 Å². The Morgan fingerprint density at radius 1 is 1.55 bits per heavy atom. The zero-order valence-corrected chi connectivity index (χ0v) is 12.2. The summed E-state index contributed by atoms with van der Waals surface area (Å²) in [4.78, 5) is 14.7. The van der Waals surface area contributed by atoms with Crippen LogP contribution in [0.15, 0.2) is 24.4 Å². The Balaban J connectivity index is 2.15. The van der Waals surface area contributed by atoms with Gasteiger partial charge in [-0.25, -0.2) is 4.98 Å². The predicted molar refractivity (Wildman–Crippen MR) is 78.7 cm³/mol. The molecule has 1 heterocycles. The zero-order chi connectivity index (χ0) is 14.5. The van der Waals surface area contributed by atoms with E-state index in [2.05, 4.69) is 10.3 Å². The lowest BCUT2D eigenvalue weighted by Crippen LogP contribution is -2.03. The fourth-order valence-corrected chi connectivity index (χ4v) is 2.51. The topological polar surface area (TPSA) is 77.3 Å². The number of rotatable bonds is 6. The second-order valence-corrected chi connectivity index (χ2v) is 5.53. The van der Waals surface area contributed by atoms with E-state index in [1.54, 1.807) is 18.3 Å². The van der Waals surface area contributed by atoms with Gasteiger partial charge in [0.15, 0.2) is 0 Å². The smallest absolute Gasteiger partial charge is 0.296 e. The number of benzene rings is 1. The number of nitrogens with one attached hydrogen (secondary N) is 1. The van der Waals surface area contributed by atoms with Crippen LogP contribution in [-0.2, 0) is 6.54 Å². The summed E-state index contributed by atoms with van der Waals surface area (Å²) in [5, 5.41) is 14.8. The monoisotopic (exact) mass is 313 g/mol. The van der Waals surface area contributed by atoms with Gasteiger partial charge in [-0.3, -0.25) is 10.1 Å². The van der Waals surface area contributed by atoms with Gasteiger partial charge in [0.25, 0.3) is 5.69 Å². The molecule has 20 heavy (non-hydrogen) atoms. The highest BCUT2D eigenvalue weighted by Gasteiger charge is 2.15. The fourth-order valence-electron chi connectivity index (χ4n) is 1.61. The summed E-state index contributed by atoms with van der Waals surface area (Å²) < 4.78 is 5.84. The van der Waals surface area contributed by atoms with Crippen LogP contribution in [0.1, 0.15) is 11.9 Å². The van der Waals surface area contributed by atoms with Crippen LogP contribution < -0.4 is 10.1 Å². The SMILES string of the molecule is CCOc1ccc(NCc2ncc(Cl)s2)c([N+](=O)[O-])c1. The third kappa shape index (κ3) is 3.58. The Morgan fingerprint density at radius 3 is 2.95 bits per heavy atom. The lowest BCUT2D eigenvalue weighted by Gasteiger charge is -2.08. The molecule has 0 fully saturated rings.